The summed E-state index contributed by atoms with van der Waals surface area (Å²) >= 11 is 0. The number of ether oxygens (including phenoxy) is 2. The molecule has 0 saturated heterocycles. The molecule has 5 nitrogen and oxygen atoms in total. The van der Waals surface area contributed by atoms with Crippen LogP contribution in [0.25, 0.3) is 0 Å². The molecule has 2 rings (SSSR count). The van der Waals surface area contributed by atoms with Gasteiger partial charge in [-0.2, -0.15) is 0 Å². The van der Waals surface area contributed by atoms with Crippen LogP contribution in [-0.2, 0) is 0 Å². The molecule has 1 aliphatic rings. The molecule has 1 aromatic rings. The van der Waals surface area contributed by atoms with Gasteiger partial charge in [0.1, 0.15) is 17.1 Å². The fourth-order valence-electron chi connectivity index (χ4n) is 3.19. The largest absolute Gasteiger partial charge is 0.496 e. The number of carbonyl (C=O) groups is 1. The van der Waals surface area contributed by atoms with E-state index >= 15 is 0 Å². The van der Waals surface area contributed by atoms with Gasteiger partial charge >= 0.3 is 0 Å². The van der Waals surface area contributed by atoms with Gasteiger partial charge in [0.05, 0.1) is 14.2 Å². The van der Waals surface area contributed by atoms with Crippen molar-refractivity contribution in [1.82, 2.24) is 4.90 Å². The predicted octanol–water partition coefficient (Wildman–Crippen LogP) is 1.90. The van der Waals surface area contributed by atoms with Crippen molar-refractivity contribution in [2.75, 3.05) is 27.8 Å². The molecule has 1 aliphatic carbocycles. The van der Waals surface area contributed by atoms with Crippen molar-refractivity contribution < 1.29 is 14.3 Å². The highest BCUT2D eigenvalue weighted by atomic mass is 16.5. The number of amides is 1. The van der Waals surface area contributed by atoms with Gasteiger partial charge in [-0.05, 0) is 37.4 Å². The van der Waals surface area contributed by atoms with Crippen molar-refractivity contribution in [1.29, 1.82) is 0 Å². The van der Waals surface area contributed by atoms with Crippen molar-refractivity contribution in [3.8, 4) is 11.5 Å². The molecule has 116 valence electrons. The number of carbonyl (C=O) groups excluding carboxylic acids is 1. The molecule has 1 fully saturated rings. The van der Waals surface area contributed by atoms with E-state index in [4.69, 9.17) is 15.2 Å². The number of nitrogens with zero attached hydrogens (tertiary/aromatic N) is 1. The summed E-state index contributed by atoms with van der Waals surface area (Å²) in [5, 5.41) is 0. The van der Waals surface area contributed by atoms with E-state index in [1.165, 1.54) is 0 Å². The summed E-state index contributed by atoms with van der Waals surface area (Å²) in [4.78, 5) is 14.7. The van der Waals surface area contributed by atoms with Crippen molar-refractivity contribution in [2.24, 2.45) is 11.7 Å². The Kier molecular flexibility index (Phi) is 5.07. The van der Waals surface area contributed by atoms with Crippen LogP contribution < -0.4 is 15.2 Å². The van der Waals surface area contributed by atoms with Crippen molar-refractivity contribution in [3.63, 3.8) is 0 Å². The lowest BCUT2D eigenvalue weighted by Crippen LogP contribution is -2.41. The maximum atomic E-state index is 12.9. The Balaban J connectivity index is 2.31. The van der Waals surface area contributed by atoms with Crippen LogP contribution in [0.2, 0.25) is 0 Å². The Labute approximate surface area is 126 Å². The van der Waals surface area contributed by atoms with E-state index < -0.39 is 0 Å². The Morgan fingerprint density at radius 2 is 1.90 bits per heavy atom. The quantitative estimate of drug-likeness (QED) is 0.900. The average molecular weight is 292 g/mol. The lowest BCUT2D eigenvalue weighted by molar-refractivity contribution is 0.0693. The first-order chi connectivity index (χ1) is 10.1. The van der Waals surface area contributed by atoms with E-state index in [2.05, 4.69) is 0 Å². The minimum Gasteiger partial charge on any atom is -0.496 e. The number of hydrogen-bond donors (Lipinski definition) is 1. The zero-order valence-corrected chi connectivity index (χ0v) is 13.0. The predicted molar refractivity (Wildman–Crippen MR) is 81.8 cm³/mol. The smallest absolute Gasteiger partial charge is 0.261 e. The van der Waals surface area contributed by atoms with E-state index in [0.29, 0.717) is 29.5 Å². The minimum absolute atomic E-state index is 0.0744. The molecule has 5 heteroatoms. The molecule has 0 bridgehead atoms. The van der Waals surface area contributed by atoms with Crippen LogP contribution in [-0.4, -0.2) is 44.7 Å². The van der Waals surface area contributed by atoms with E-state index in [9.17, 15) is 4.79 Å². The van der Waals surface area contributed by atoms with Crippen molar-refractivity contribution in [3.05, 3.63) is 23.8 Å². The molecule has 0 aromatic heterocycles. The van der Waals surface area contributed by atoms with Gasteiger partial charge in [-0.25, -0.2) is 0 Å². The molecule has 2 N–H and O–H groups in total. The summed E-state index contributed by atoms with van der Waals surface area (Å²) < 4.78 is 10.6. The number of methoxy groups -OCH3 is 2. The zero-order chi connectivity index (χ0) is 15.4. The van der Waals surface area contributed by atoms with Crippen molar-refractivity contribution >= 4 is 5.91 Å². The van der Waals surface area contributed by atoms with Crippen LogP contribution in [0.3, 0.4) is 0 Å². The van der Waals surface area contributed by atoms with Gasteiger partial charge in [0.25, 0.3) is 5.91 Å². The van der Waals surface area contributed by atoms with Gasteiger partial charge in [0, 0.05) is 13.1 Å². The average Bonchev–Trinajstić information content (AvgIpc) is 3.01. The van der Waals surface area contributed by atoms with Crippen LogP contribution in [0.1, 0.15) is 29.6 Å². The third-order valence-electron chi connectivity index (χ3n) is 4.38. The summed E-state index contributed by atoms with van der Waals surface area (Å²) in [6.45, 7) is 0.616. The first kappa shape index (κ1) is 15.6. The molecule has 21 heavy (non-hydrogen) atoms. The fourth-order valence-corrected chi connectivity index (χ4v) is 3.19. The third-order valence-corrected chi connectivity index (χ3v) is 4.38. The molecule has 0 heterocycles. The summed E-state index contributed by atoms with van der Waals surface area (Å²) in [6, 6.07) is 5.56. The van der Waals surface area contributed by atoms with Gasteiger partial charge in [-0.1, -0.05) is 12.5 Å². The lowest BCUT2D eigenvalue weighted by atomic mass is 10.0. The SMILES string of the molecule is COc1cccc(OC)c1C(=O)N(C)C1CCCC1CN. The normalized spacial score (nSPS) is 21.1. The van der Waals surface area contributed by atoms with Crippen LogP contribution >= 0.6 is 0 Å². The molecule has 1 amide bonds. The number of benzene rings is 1. The molecule has 0 spiro atoms. The van der Waals surface area contributed by atoms with Gasteiger partial charge in [0.2, 0.25) is 0 Å². The molecule has 0 radical (unpaired) electrons. The van der Waals surface area contributed by atoms with Crippen LogP contribution in [0.15, 0.2) is 18.2 Å². The summed E-state index contributed by atoms with van der Waals surface area (Å²) in [7, 11) is 4.96. The Morgan fingerprint density at radius 1 is 1.29 bits per heavy atom. The highest BCUT2D eigenvalue weighted by molar-refractivity contribution is 5.99. The maximum absolute atomic E-state index is 12.9. The van der Waals surface area contributed by atoms with E-state index in [1.807, 2.05) is 13.1 Å². The van der Waals surface area contributed by atoms with Gasteiger partial charge in [-0.15, -0.1) is 0 Å². The second-order valence-electron chi connectivity index (χ2n) is 5.45. The highest BCUT2D eigenvalue weighted by Crippen LogP contribution is 2.33. The van der Waals surface area contributed by atoms with Crippen LogP contribution in [0, 0.1) is 5.92 Å². The van der Waals surface area contributed by atoms with E-state index in [-0.39, 0.29) is 11.9 Å². The number of nitrogens with two attached hydrogens (primary N) is 1. The maximum Gasteiger partial charge on any atom is 0.261 e. The second-order valence-corrected chi connectivity index (χ2v) is 5.45. The number of rotatable bonds is 5. The van der Waals surface area contributed by atoms with Crippen molar-refractivity contribution in [2.45, 2.75) is 25.3 Å². The van der Waals surface area contributed by atoms with E-state index in [0.717, 1.165) is 19.3 Å². The molecule has 1 saturated carbocycles. The summed E-state index contributed by atoms with van der Waals surface area (Å²) in [5.74, 6) is 1.37. The first-order valence-corrected chi connectivity index (χ1v) is 7.32. The Bertz CT molecular complexity index is 482. The number of hydrogen-bond acceptors (Lipinski definition) is 4. The monoisotopic (exact) mass is 292 g/mol. The molecule has 0 aliphatic heterocycles. The Hall–Kier alpha value is -1.75. The van der Waals surface area contributed by atoms with Gasteiger partial charge in [0.15, 0.2) is 0 Å². The second kappa shape index (κ2) is 6.80. The molecular weight excluding hydrogens is 268 g/mol. The fraction of sp³-hybridized carbons (Fsp3) is 0.562. The Morgan fingerprint density at radius 3 is 2.43 bits per heavy atom. The van der Waals surface area contributed by atoms with Gasteiger partial charge in [-0.3, -0.25) is 4.79 Å². The molecule has 1 aromatic carbocycles. The topological polar surface area (TPSA) is 64.8 Å². The van der Waals surface area contributed by atoms with Gasteiger partial charge < -0.3 is 20.1 Å². The zero-order valence-electron chi connectivity index (χ0n) is 13.0. The van der Waals surface area contributed by atoms with Crippen LogP contribution in [0.4, 0.5) is 0 Å². The summed E-state index contributed by atoms with van der Waals surface area (Å²) in [5.41, 5.74) is 6.30. The molecular formula is C16H24N2O3. The first-order valence-electron chi connectivity index (χ1n) is 7.32. The summed E-state index contributed by atoms with van der Waals surface area (Å²) in [6.07, 6.45) is 3.20. The highest BCUT2D eigenvalue weighted by Gasteiger charge is 2.34. The van der Waals surface area contributed by atoms with Crippen LogP contribution in [0.5, 0.6) is 11.5 Å². The van der Waals surface area contributed by atoms with E-state index in [1.54, 1.807) is 31.3 Å². The third kappa shape index (κ3) is 2.97. The lowest BCUT2D eigenvalue weighted by Gasteiger charge is -2.30. The minimum atomic E-state index is -0.0744. The molecule has 2 atom stereocenters. The molecule has 2 unspecified atom stereocenters. The standard InChI is InChI=1S/C16H24N2O3/c1-18(12-7-4-6-11(12)10-17)16(19)15-13(20-2)8-5-9-14(15)21-3/h5,8-9,11-12H,4,6-7,10,17H2,1-3H3.